The lowest BCUT2D eigenvalue weighted by Crippen LogP contribution is -2.43. The van der Waals surface area contributed by atoms with Gasteiger partial charge in [0.05, 0.1) is 34.1 Å². The molecule has 0 saturated heterocycles. The molecular weight excluding hydrogens is 354 g/mol. The lowest BCUT2D eigenvalue weighted by Gasteiger charge is -2.22. The number of aromatic nitrogens is 2. The lowest BCUT2D eigenvalue weighted by atomic mass is 9.94. The maximum Gasteiger partial charge on any atom is 0.308 e. The molecule has 1 fully saturated rings. The molecule has 0 aliphatic heterocycles. The standard InChI is InChI=1S/C19H22ClN3O3/c1-12-14(11-21-23(12)17-10-6-5-8-15(17)20)18(24)22-16-9-4-2-3-7-13(16)19(25)26/h5-6,8,10-11,13,16H,2-4,7,9H2,1H3,(H,22,24)(H,25,26)/t13-,16+/m1/s1. The van der Waals surface area contributed by atoms with E-state index in [-0.39, 0.29) is 11.9 Å². The molecule has 1 aromatic carbocycles. The highest BCUT2D eigenvalue weighted by Gasteiger charge is 2.31. The number of carbonyl (C=O) groups is 2. The molecule has 1 aliphatic carbocycles. The number of hydrogen-bond acceptors (Lipinski definition) is 3. The molecule has 0 spiro atoms. The van der Waals surface area contributed by atoms with Gasteiger partial charge in [0, 0.05) is 6.04 Å². The Labute approximate surface area is 157 Å². The van der Waals surface area contributed by atoms with Crippen LogP contribution in [0.5, 0.6) is 0 Å². The fraction of sp³-hybridized carbons (Fsp3) is 0.421. The first-order chi connectivity index (χ1) is 12.5. The number of benzene rings is 1. The minimum Gasteiger partial charge on any atom is -0.481 e. The summed E-state index contributed by atoms with van der Waals surface area (Å²) in [5.41, 5.74) is 1.79. The van der Waals surface area contributed by atoms with E-state index in [0.717, 1.165) is 19.3 Å². The largest absolute Gasteiger partial charge is 0.481 e. The fourth-order valence-corrected chi connectivity index (χ4v) is 3.74. The number of nitrogens with one attached hydrogen (secondary N) is 1. The number of para-hydroxylation sites is 1. The molecule has 0 bridgehead atoms. The van der Waals surface area contributed by atoms with Gasteiger partial charge in [-0.05, 0) is 31.9 Å². The quantitative estimate of drug-likeness (QED) is 0.799. The van der Waals surface area contributed by atoms with Crippen molar-refractivity contribution in [3.8, 4) is 5.69 Å². The first-order valence-electron chi connectivity index (χ1n) is 8.82. The summed E-state index contributed by atoms with van der Waals surface area (Å²) in [7, 11) is 0. The molecule has 1 amide bonds. The molecule has 3 rings (SSSR count). The van der Waals surface area contributed by atoms with Crippen LogP contribution in [0.3, 0.4) is 0 Å². The summed E-state index contributed by atoms with van der Waals surface area (Å²) in [5.74, 6) is -1.68. The van der Waals surface area contributed by atoms with Gasteiger partial charge >= 0.3 is 5.97 Å². The second-order valence-corrected chi connectivity index (χ2v) is 7.08. The van der Waals surface area contributed by atoms with E-state index >= 15 is 0 Å². The van der Waals surface area contributed by atoms with E-state index in [1.165, 1.54) is 6.20 Å². The Balaban J connectivity index is 1.82. The Kier molecular flexibility index (Phi) is 5.61. The molecule has 2 aromatic rings. The van der Waals surface area contributed by atoms with Crippen LogP contribution in [-0.4, -0.2) is 32.8 Å². The van der Waals surface area contributed by atoms with Gasteiger partial charge in [-0.2, -0.15) is 5.10 Å². The Bertz CT molecular complexity index is 818. The minimum atomic E-state index is -0.847. The summed E-state index contributed by atoms with van der Waals surface area (Å²) < 4.78 is 1.62. The average molecular weight is 376 g/mol. The minimum absolute atomic E-state index is 0.293. The monoisotopic (exact) mass is 375 g/mol. The van der Waals surface area contributed by atoms with Gasteiger partial charge in [0.15, 0.2) is 0 Å². The number of carboxylic acid groups (broad SMARTS) is 1. The van der Waals surface area contributed by atoms with Gasteiger partial charge in [0.25, 0.3) is 5.91 Å². The van der Waals surface area contributed by atoms with Gasteiger partial charge in [-0.25, -0.2) is 4.68 Å². The van der Waals surface area contributed by atoms with Crippen LogP contribution in [0.2, 0.25) is 5.02 Å². The third-order valence-corrected chi connectivity index (χ3v) is 5.30. The van der Waals surface area contributed by atoms with Crippen molar-refractivity contribution in [1.29, 1.82) is 0 Å². The first kappa shape index (κ1) is 18.5. The molecule has 0 unspecified atom stereocenters. The number of rotatable bonds is 4. The highest BCUT2D eigenvalue weighted by Crippen LogP contribution is 2.25. The normalized spacial score (nSPS) is 20.4. The number of amides is 1. The second-order valence-electron chi connectivity index (χ2n) is 6.67. The Morgan fingerprint density at radius 2 is 1.96 bits per heavy atom. The van der Waals surface area contributed by atoms with Crippen LogP contribution in [-0.2, 0) is 4.79 Å². The summed E-state index contributed by atoms with van der Waals surface area (Å²) in [6.07, 6.45) is 5.58. The first-order valence-corrected chi connectivity index (χ1v) is 9.20. The van der Waals surface area contributed by atoms with Crippen LogP contribution in [0.4, 0.5) is 0 Å². The molecule has 26 heavy (non-hydrogen) atoms. The molecular formula is C19H22ClN3O3. The summed E-state index contributed by atoms with van der Waals surface area (Å²) in [4.78, 5) is 24.3. The van der Waals surface area contributed by atoms with E-state index in [1.807, 2.05) is 18.2 Å². The van der Waals surface area contributed by atoms with Crippen LogP contribution in [0.25, 0.3) is 5.69 Å². The lowest BCUT2D eigenvalue weighted by molar-refractivity contribution is -0.142. The van der Waals surface area contributed by atoms with Gasteiger partial charge in [-0.1, -0.05) is 43.0 Å². The molecule has 138 valence electrons. The van der Waals surface area contributed by atoms with E-state index in [0.29, 0.717) is 34.8 Å². The van der Waals surface area contributed by atoms with Gasteiger partial charge in [0.2, 0.25) is 0 Å². The Hall–Kier alpha value is -2.34. The molecule has 2 N–H and O–H groups in total. The summed E-state index contributed by atoms with van der Waals surface area (Å²) in [6.45, 7) is 1.80. The molecule has 2 atom stereocenters. The van der Waals surface area contributed by atoms with Gasteiger partial charge in [0.1, 0.15) is 0 Å². The summed E-state index contributed by atoms with van der Waals surface area (Å²) in [6, 6.07) is 6.92. The topological polar surface area (TPSA) is 84.2 Å². The zero-order valence-corrected chi connectivity index (χ0v) is 15.4. The molecule has 1 heterocycles. The number of halogens is 1. The molecule has 1 aromatic heterocycles. The van der Waals surface area contributed by atoms with Crippen molar-refractivity contribution in [3.05, 3.63) is 46.7 Å². The van der Waals surface area contributed by atoms with Crippen LogP contribution < -0.4 is 5.32 Å². The van der Waals surface area contributed by atoms with E-state index in [1.54, 1.807) is 17.7 Å². The maximum atomic E-state index is 12.8. The van der Waals surface area contributed by atoms with Crippen molar-refractivity contribution >= 4 is 23.5 Å². The average Bonchev–Trinajstić information content (AvgIpc) is 2.83. The third-order valence-electron chi connectivity index (χ3n) is 4.98. The highest BCUT2D eigenvalue weighted by molar-refractivity contribution is 6.32. The van der Waals surface area contributed by atoms with Crippen LogP contribution in [0, 0.1) is 12.8 Å². The van der Waals surface area contributed by atoms with Gasteiger partial charge in [-0.3, -0.25) is 9.59 Å². The number of carboxylic acids is 1. The smallest absolute Gasteiger partial charge is 0.308 e. The van der Waals surface area contributed by atoms with Crippen molar-refractivity contribution in [2.24, 2.45) is 5.92 Å². The zero-order valence-electron chi connectivity index (χ0n) is 14.6. The maximum absolute atomic E-state index is 12.8. The van der Waals surface area contributed by atoms with Crippen molar-refractivity contribution in [1.82, 2.24) is 15.1 Å². The second kappa shape index (κ2) is 7.91. The highest BCUT2D eigenvalue weighted by atomic mass is 35.5. The van der Waals surface area contributed by atoms with Crippen LogP contribution in [0.1, 0.15) is 48.2 Å². The van der Waals surface area contributed by atoms with Gasteiger partial charge in [-0.15, -0.1) is 0 Å². The summed E-state index contributed by atoms with van der Waals surface area (Å²) in [5, 5.41) is 17.2. The fourth-order valence-electron chi connectivity index (χ4n) is 3.52. The van der Waals surface area contributed by atoms with Crippen LogP contribution >= 0.6 is 11.6 Å². The molecule has 0 radical (unpaired) electrons. The molecule has 1 saturated carbocycles. The van der Waals surface area contributed by atoms with E-state index in [4.69, 9.17) is 11.6 Å². The van der Waals surface area contributed by atoms with E-state index in [9.17, 15) is 14.7 Å². The van der Waals surface area contributed by atoms with Crippen molar-refractivity contribution in [2.45, 2.75) is 45.1 Å². The molecule has 1 aliphatic rings. The number of nitrogens with zero attached hydrogens (tertiary/aromatic N) is 2. The predicted molar refractivity (Wildman–Crippen MR) is 98.8 cm³/mol. The third kappa shape index (κ3) is 3.75. The Morgan fingerprint density at radius 3 is 2.69 bits per heavy atom. The molecule has 6 nitrogen and oxygen atoms in total. The summed E-state index contributed by atoms with van der Waals surface area (Å²) >= 11 is 6.22. The predicted octanol–water partition coefficient (Wildman–Crippen LogP) is 3.60. The van der Waals surface area contributed by atoms with Crippen molar-refractivity contribution in [2.75, 3.05) is 0 Å². The molecule has 7 heteroatoms. The van der Waals surface area contributed by atoms with Crippen molar-refractivity contribution in [3.63, 3.8) is 0 Å². The number of hydrogen-bond donors (Lipinski definition) is 2. The SMILES string of the molecule is Cc1c(C(=O)N[C@H]2CCCCC[C@H]2C(=O)O)cnn1-c1ccccc1Cl. The van der Waals surface area contributed by atoms with E-state index < -0.39 is 11.9 Å². The zero-order chi connectivity index (χ0) is 18.7. The van der Waals surface area contributed by atoms with E-state index in [2.05, 4.69) is 10.4 Å². The number of aliphatic carboxylic acids is 1. The van der Waals surface area contributed by atoms with Crippen molar-refractivity contribution < 1.29 is 14.7 Å². The van der Waals surface area contributed by atoms with Gasteiger partial charge < -0.3 is 10.4 Å². The van der Waals surface area contributed by atoms with Crippen LogP contribution in [0.15, 0.2) is 30.5 Å². The number of carbonyl (C=O) groups excluding carboxylic acids is 1. The Morgan fingerprint density at radius 1 is 1.23 bits per heavy atom.